The van der Waals surface area contributed by atoms with Crippen molar-refractivity contribution in [2.45, 2.75) is 0 Å². The van der Waals surface area contributed by atoms with Crippen molar-refractivity contribution >= 4 is 56.6 Å². The monoisotopic (exact) mass is 414 g/mol. The first kappa shape index (κ1) is 19.9. The van der Waals surface area contributed by atoms with Crippen molar-refractivity contribution in [3.05, 3.63) is 64.5 Å². The molecule has 0 saturated heterocycles. The Morgan fingerprint density at radius 3 is 2.57 bits per heavy atom. The number of nitrogens with one attached hydrogen (secondary N) is 1. The normalized spacial score (nSPS) is 11.0. The fraction of sp³-hybridized carbons (Fsp3) is 0.143. The number of fused-ring (bicyclic) bond motifs is 1. The van der Waals surface area contributed by atoms with Crippen LogP contribution in [0.15, 0.2) is 54.6 Å². The number of carbonyl (C=O) groups is 2. The highest BCUT2D eigenvalue weighted by Crippen LogP contribution is 2.35. The molecule has 0 atom stereocenters. The Morgan fingerprint density at radius 2 is 1.89 bits per heavy atom. The van der Waals surface area contributed by atoms with E-state index in [1.54, 1.807) is 44.5 Å². The van der Waals surface area contributed by atoms with E-state index in [0.29, 0.717) is 16.5 Å². The number of anilines is 1. The molecule has 1 N–H and O–H groups in total. The molecule has 3 aromatic rings. The summed E-state index contributed by atoms with van der Waals surface area (Å²) in [5, 5.41) is 4.34. The van der Waals surface area contributed by atoms with Crippen LogP contribution >= 0.6 is 22.9 Å². The molecule has 0 aliphatic rings. The van der Waals surface area contributed by atoms with Crippen LogP contribution in [0.4, 0.5) is 5.69 Å². The summed E-state index contributed by atoms with van der Waals surface area (Å²) in [6.45, 7) is -0.0602. The Kier molecular flexibility index (Phi) is 6.34. The van der Waals surface area contributed by atoms with Crippen LogP contribution in [-0.4, -0.2) is 37.4 Å². The molecular weight excluding hydrogens is 396 g/mol. The van der Waals surface area contributed by atoms with Gasteiger partial charge in [-0.25, -0.2) is 0 Å². The topological polar surface area (TPSA) is 58.6 Å². The third-order valence-corrected chi connectivity index (χ3v) is 5.72. The van der Waals surface area contributed by atoms with Crippen LogP contribution in [0.1, 0.15) is 4.88 Å². The first-order valence-corrected chi connectivity index (χ1v) is 9.71. The second kappa shape index (κ2) is 8.91. The molecule has 144 valence electrons. The van der Waals surface area contributed by atoms with Crippen LogP contribution in [0.3, 0.4) is 0 Å². The van der Waals surface area contributed by atoms with E-state index in [0.717, 1.165) is 15.0 Å². The Hall–Kier alpha value is -2.83. The van der Waals surface area contributed by atoms with Crippen molar-refractivity contribution in [3.63, 3.8) is 0 Å². The summed E-state index contributed by atoms with van der Waals surface area (Å²) in [4.78, 5) is 26.6. The van der Waals surface area contributed by atoms with Gasteiger partial charge in [0.15, 0.2) is 0 Å². The maximum Gasteiger partial charge on any atom is 0.246 e. The average Bonchev–Trinajstić information content (AvgIpc) is 3.02. The van der Waals surface area contributed by atoms with Gasteiger partial charge in [-0.05, 0) is 36.4 Å². The van der Waals surface area contributed by atoms with Crippen molar-refractivity contribution in [2.75, 3.05) is 26.0 Å². The number of rotatable bonds is 6. The molecule has 7 heteroatoms. The zero-order chi connectivity index (χ0) is 20.1. The van der Waals surface area contributed by atoms with E-state index in [1.165, 1.54) is 22.3 Å². The highest BCUT2D eigenvalue weighted by Gasteiger charge is 2.12. The number of halogens is 1. The quantitative estimate of drug-likeness (QED) is 0.596. The zero-order valence-corrected chi connectivity index (χ0v) is 17.0. The van der Waals surface area contributed by atoms with E-state index >= 15 is 0 Å². The number of likely N-dealkylation sites (N-methyl/N-ethyl adjacent to an activating group) is 1. The third kappa shape index (κ3) is 4.71. The number of carbonyl (C=O) groups excluding carboxylic acids is 2. The minimum absolute atomic E-state index is 0.0602. The Bertz CT molecular complexity index is 1030. The lowest BCUT2D eigenvalue weighted by molar-refractivity contribution is -0.129. The molecule has 0 fully saturated rings. The lowest BCUT2D eigenvalue weighted by atomic mass is 10.2. The Morgan fingerprint density at radius 1 is 1.18 bits per heavy atom. The molecule has 0 saturated carbocycles. The van der Waals surface area contributed by atoms with Crippen molar-refractivity contribution < 1.29 is 14.3 Å². The van der Waals surface area contributed by atoms with E-state index in [1.807, 2.05) is 24.3 Å². The van der Waals surface area contributed by atoms with Crippen LogP contribution in [0.25, 0.3) is 16.2 Å². The standard InChI is InChI=1S/C21H19ClN2O3S/c1-24(13-19(25)23-14-7-9-15(27-2)10-8-14)20(26)12-11-18-21(22)16-5-3-4-6-17(16)28-18/h3-12H,13H2,1-2H3,(H,23,25)/b12-11+. The van der Waals surface area contributed by atoms with Gasteiger partial charge >= 0.3 is 0 Å². The molecule has 28 heavy (non-hydrogen) atoms. The lowest BCUT2D eigenvalue weighted by Gasteiger charge is -2.15. The lowest BCUT2D eigenvalue weighted by Crippen LogP contribution is -2.33. The smallest absolute Gasteiger partial charge is 0.246 e. The number of hydrogen-bond acceptors (Lipinski definition) is 4. The third-order valence-electron chi connectivity index (χ3n) is 4.07. The highest BCUT2D eigenvalue weighted by molar-refractivity contribution is 7.20. The summed E-state index contributed by atoms with van der Waals surface area (Å²) < 4.78 is 6.14. The number of amides is 2. The van der Waals surface area contributed by atoms with Crippen molar-refractivity contribution in [2.24, 2.45) is 0 Å². The summed E-state index contributed by atoms with van der Waals surface area (Å²) in [5.74, 6) is 0.142. The molecule has 1 heterocycles. The second-order valence-corrected chi connectivity index (χ2v) is 7.54. The fourth-order valence-corrected chi connectivity index (χ4v) is 3.98. The average molecular weight is 415 g/mol. The first-order valence-electron chi connectivity index (χ1n) is 8.52. The summed E-state index contributed by atoms with van der Waals surface area (Å²) >= 11 is 7.89. The number of ether oxygens (including phenoxy) is 1. The van der Waals surface area contributed by atoms with Gasteiger partial charge in [0.05, 0.1) is 18.7 Å². The van der Waals surface area contributed by atoms with Crippen molar-refractivity contribution in [1.29, 1.82) is 0 Å². The minimum Gasteiger partial charge on any atom is -0.497 e. The van der Waals surface area contributed by atoms with E-state index in [2.05, 4.69) is 5.32 Å². The number of methoxy groups -OCH3 is 1. The van der Waals surface area contributed by atoms with Gasteiger partial charge in [0, 0.05) is 33.8 Å². The van der Waals surface area contributed by atoms with Crippen LogP contribution in [0.5, 0.6) is 5.75 Å². The predicted octanol–water partition coefficient (Wildman–Crippen LogP) is 4.67. The maximum atomic E-state index is 12.3. The fourth-order valence-electron chi connectivity index (χ4n) is 2.58. The summed E-state index contributed by atoms with van der Waals surface area (Å²) in [7, 11) is 3.15. The molecule has 0 aliphatic carbocycles. The van der Waals surface area contributed by atoms with E-state index in [9.17, 15) is 9.59 Å². The number of thiophene rings is 1. The van der Waals surface area contributed by atoms with Gasteiger partial charge in [-0.15, -0.1) is 11.3 Å². The van der Waals surface area contributed by atoms with Crippen LogP contribution in [0.2, 0.25) is 5.02 Å². The zero-order valence-electron chi connectivity index (χ0n) is 15.4. The largest absolute Gasteiger partial charge is 0.497 e. The summed E-state index contributed by atoms with van der Waals surface area (Å²) in [6.07, 6.45) is 3.12. The number of hydrogen-bond donors (Lipinski definition) is 1. The number of benzene rings is 2. The highest BCUT2D eigenvalue weighted by atomic mass is 35.5. The van der Waals surface area contributed by atoms with Gasteiger partial charge < -0.3 is 15.0 Å². The van der Waals surface area contributed by atoms with E-state index < -0.39 is 0 Å². The molecule has 0 aliphatic heterocycles. The SMILES string of the molecule is COc1ccc(NC(=O)CN(C)C(=O)/C=C/c2sc3ccccc3c2Cl)cc1. The van der Waals surface area contributed by atoms with Crippen molar-refractivity contribution in [1.82, 2.24) is 4.90 Å². The minimum atomic E-state index is -0.283. The molecule has 0 bridgehead atoms. The summed E-state index contributed by atoms with van der Waals surface area (Å²) in [5.41, 5.74) is 0.638. The van der Waals surface area contributed by atoms with Gasteiger partial charge in [-0.2, -0.15) is 0 Å². The van der Waals surface area contributed by atoms with E-state index in [-0.39, 0.29) is 18.4 Å². The van der Waals surface area contributed by atoms with Crippen molar-refractivity contribution in [3.8, 4) is 5.75 Å². The maximum absolute atomic E-state index is 12.3. The predicted molar refractivity (Wildman–Crippen MR) is 115 cm³/mol. The van der Waals surface area contributed by atoms with Gasteiger partial charge in [0.2, 0.25) is 11.8 Å². The molecule has 5 nitrogen and oxygen atoms in total. The second-order valence-electron chi connectivity index (χ2n) is 6.08. The molecule has 3 rings (SSSR count). The van der Waals surface area contributed by atoms with Gasteiger partial charge in [-0.3, -0.25) is 9.59 Å². The first-order chi connectivity index (χ1) is 13.5. The molecular formula is C21H19ClN2O3S. The Balaban J connectivity index is 1.59. The van der Waals surface area contributed by atoms with Gasteiger partial charge in [0.1, 0.15) is 5.75 Å². The van der Waals surface area contributed by atoms with E-state index in [4.69, 9.17) is 16.3 Å². The molecule has 0 unspecified atom stereocenters. The van der Waals surface area contributed by atoms with Crippen LogP contribution < -0.4 is 10.1 Å². The molecule has 1 aromatic heterocycles. The van der Waals surface area contributed by atoms with Gasteiger partial charge in [0.25, 0.3) is 0 Å². The Labute approximate surface area is 172 Å². The summed E-state index contributed by atoms with van der Waals surface area (Å²) in [6, 6.07) is 14.8. The molecule has 2 amide bonds. The van der Waals surface area contributed by atoms with Crippen LogP contribution in [0, 0.1) is 0 Å². The molecule has 0 radical (unpaired) electrons. The number of nitrogens with zero attached hydrogens (tertiary/aromatic N) is 1. The van der Waals surface area contributed by atoms with Crippen LogP contribution in [-0.2, 0) is 9.59 Å². The molecule has 2 aromatic carbocycles. The molecule has 0 spiro atoms. The van der Waals surface area contributed by atoms with Gasteiger partial charge in [-0.1, -0.05) is 29.8 Å².